The first kappa shape index (κ1) is 25.5. The highest BCUT2D eigenvalue weighted by Crippen LogP contribution is 2.30. The van der Waals surface area contributed by atoms with Crippen molar-refractivity contribution in [2.45, 2.75) is 27.2 Å². The summed E-state index contributed by atoms with van der Waals surface area (Å²) in [6, 6.07) is 11.1. The molecule has 0 aliphatic heterocycles. The van der Waals surface area contributed by atoms with Crippen molar-refractivity contribution in [2.24, 2.45) is 4.99 Å². The third kappa shape index (κ3) is 8.44. The lowest BCUT2D eigenvalue weighted by Crippen LogP contribution is -2.31. The number of hydrogen-bond donors (Lipinski definition) is 3. The molecule has 2 aromatic rings. The number of hydrogen-bond acceptors (Lipinski definition) is 5. The average Bonchev–Trinajstić information content (AvgIpc) is 2.69. The van der Waals surface area contributed by atoms with E-state index in [4.69, 9.17) is 9.47 Å². The number of nitrogens with one attached hydrogen (secondary N) is 3. The highest BCUT2D eigenvalue weighted by atomic mass is 127. The molecular formula is C21H30IN5O3. The van der Waals surface area contributed by atoms with Gasteiger partial charge in [0.2, 0.25) is 5.91 Å². The minimum Gasteiger partial charge on any atom is -0.493 e. The number of aryl methyl sites for hydroxylation is 1. The zero-order valence-electron chi connectivity index (χ0n) is 17.8. The number of nitrogens with zero attached hydrogens (tertiary/aromatic N) is 2. The number of anilines is 2. The molecule has 0 atom stereocenters. The summed E-state index contributed by atoms with van der Waals surface area (Å²) in [6.45, 7) is 7.37. The molecule has 1 aromatic heterocycles. The predicted molar refractivity (Wildman–Crippen MR) is 131 cm³/mol. The van der Waals surface area contributed by atoms with Crippen LogP contribution >= 0.6 is 24.0 Å². The van der Waals surface area contributed by atoms with Gasteiger partial charge in [-0.25, -0.2) is 4.98 Å². The molecule has 8 nitrogen and oxygen atoms in total. The Labute approximate surface area is 194 Å². The van der Waals surface area contributed by atoms with Crippen molar-refractivity contribution in [3.8, 4) is 11.5 Å². The quantitative estimate of drug-likeness (QED) is 0.261. The highest BCUT2D eigenvalue weighted by Gasteiger charge is 2.08. The van der Waals surface area contributed by atoms with Crippen LogP contribution in [0.25, 0.3) is 0 Å². The van der Waals surface area contributed by atoms with Gasteiger partial charge in [0, 0.05) is 30.4 Å². The van der Waals surface area contributed by atoms with E-state index >= 15 is 0 Å². The average molecular weight is 527 g/mol. The van der Waals surface area contributed by atoms with Crippen LogP contribution in [-0.4, -0.2) is 43.7 Å². The number of methoxy groups -OCH3 is 1. The Hall–Kier alpha value is -2.56. The number of rotatable bonds is 9. The van der Waals surface area contributed by atoms with E-state index < -0.39 is 0 Å². The van der Waals surface area contributed by atoms with Gasteiger partial charge in [-0.05, 0) is 45.0 Å². The third-order valence-electron chi connectivity index (χ3n) is 3.84. The maximum absolute atomic E-state index is 12.1. The summed E-state index contributed by atoms with van der Waals surface area (Å²) in [7, 11) is 1.60. The highest BCUT2D eigenvalue weighted by molar-refractivity contribution is 14.0. The normalized spacial score (nSPS) is 10.6. The van der Waals surface area contributed by atoms with E-state index in [2.05, 4.69) is 25.9 Å². The van der Waals surface area contributed by atoms with Crippen LogP contribution in [0.15, 0.2) is 41.4 Å². The lowest BCUT2D eigenvalue weighted by atomic mass is 10.2. The van der Waals surface area contributed by atoms with Crippen LogP contribution in [-0.2, 0) is 4.79 Å². The lowest BCUT2D eigenvalue weighted by Gasteiger charge is -2.14. The molecule has 0 saturated heterocycles. The first-order valence-corrected chi connectivity index (χ1v) is 9.65. The number of halogens is 1. The maximum Gasteiger partial charge on any atom is 0.227 e. The number of carbonyl (C=O) groups is 1. The molecule has 1 amide bonds. The molecule has 0 aliphatic carbocycles. The van der Waals surface area contributed by atoms with Crippen LogP contribution in [0.5, 0.6) is 11.5 Å². The van der Waals surface area contributed by atoms with Gasteiger partial charge in [-0.3, -0.25) is 9.79 Å². The molecule has 0 radical (unpaired) electrons. The Morgan fingerprint density at radius 1 is 1.13 bits per heavy atom. The summed E-state index contributed by atoms with van der Waals surface area (Å²) >= 11 is 0. The molecule has 0 bridgehead atoms. The largest absolute Gasteiger partial charge is 0.493 e. The fourth-order valence-electron chi connectivity index (χ4n) is 2.55. The van der Waals surface area contributed by atoms with Crippen molar-refractivity contribution in [1.82, 2.24) is 10.3 Å². The van der Waals surface area contributed by atoms with Crippen LogP contribution in [0.4, 0.5) is 11.5 Å². The number of carbonyl (C=O) groups excluding carboxylic acids is 1. The van der Waals surface area contributed by atoms with Gasteiger partial charge in [0.1, 0.15) is 5.82 Å². The van der Waals surface area contributed by atoms with E-state index in [1.165, 1.54) is 0 Å². The molecule has 0 saturated carbocycles. The Morgan fingerprint density at radius 3 is 2.60 bits per heavy atom. The van der Waals surface area contributed by atoms with Gasteiger partial charge in [0.05, 0.1) is 20.3 Å². The van der Waals surface area contributed by atoms with Gasteiger partial charge < -0.3 is 25.4 Å². The van der Waals surface area contributed by atoms with Crippen LogP contribution in [0.3, 0.4) is 0 Å². The summed E-state index contributed by atoms with van der Waals surface area (Å²) < 4.78 is 10.9. The zero-order valence-corrected chi connectivity index (χ0v) is 20.2. The molecule has 30 heavy (non-hydrogen) atoms. The number of guanidine groups is 1. The number of amides is 1. The molecule has 3 N–H and O–H groups in total. The number of aliphatic imine (C=N–C) groups is 1. The second-order valence-corrected chi connectivity index (χ2v) is 6.15. The summed E-state index contributed by atoms with van der Waals surface area (Å²) in [4.78, 5) is 20.8. The monoisotopic (exact) mass is 527 g/mol. The molecule has 0 fully saturated rings. The van der Waals surface area contributed by atoms with Crippen molar-refractivity contribution in [1.29, 1.82) is 0 Å². The SMILES string of the molecule is CCNC(=NCCC(=O)Nc1cccc(C)n1)Nc1ccc(OCC)c(OC)c1.I. The predicted octanol–water partition coefficient (Wildman–Crippen LogP) is 3.82. The number of pyridine rings is 1. The van der Waals surface area contributed by atoms with Crippen LogP contribution < -0.4 is 25.4 Å². The van der Waals surface area contributed by atoms with E-state index in [1.807, 2.05) is 51.1 Å². The Balaban J connectivity index is 0.00000450. The van der Waals surface area contributed by atoms with Crippen molar-refractivity contribution < 1.29 is 14.3 Å². The fourth-order valence-corrected chi connectivity index (χ4v) is 2.55. The smallest absolute Gasteiger partial charge is 0.227 e. The number of benzene rings is 1. The second-order valence-electron chi connectivity index (χ2n) is 6.15. The Kier molecular flexibility index (Phi) is 11.6. The molecule has 1 aromatic carbocycles. The second kappa shape index (κ2) is 13.6. The number of ether oxygens (including phenoxy) is 2. The molecule has 0 unspecified atom stereocenters. The molecular weight excluding hydrogens is 497 g/mol. The van der Waals surface area contributed by atoms with Crippen molar-refractivity contribution in [3.05, 3.63) is 42.1 Å². The van der Waals surface area contributed by atoms with Crippen molar-refractivity contribution >= 4 is 47.3 Å². The van der Waals surface area contributed by atoms with Crippen LogP contribution in [0.2, 0.25) is 0 Å². The summed E-state index contributed by atoms with van der Waals surface area (Å²) in [6.07, 6.45) is 0.249. The first-order valence-electron chi connectivity index (χ1n) is 9.65. The molecule has 164 valence electrons. The lowest BCUT2D eigenvalue weighted by molar-refractivity contribution is -0.116. The Morgan fingerprint density at radius 2 is 1.93 bits per heavy atom. The molecule has 0 aliphatic rings. The van der Waals surface area contributed by atoms with Crippen LogP contribution in [0.1, 0.15) is 26.0 Å². The van der Waals surface area contributed by atoms with Gasteiger partial charge in [0.25, 0.3) is 0 Å². The van der Waals surface area contributed by atoms with E-state index in [0.29, 0.717) is 43.0 Å². The van der Waals surface area contributed by atoms with Gasteiger partial charge in [-0.1, -0.05) is 6.07 Å². The van der Waals surface area contributed by atoms with Gasteiger partial charge in [0.15, 0.2) is 17.5 Å². The standard InChI is InChI=1S/C21H29N5O3.HI/c1-5-22-21(25-16-10-11-17(29-6-2)18(14-16)28-4)23-13-12-20(27)26-19-9-7-8-15(3)24-19;/h7-11,14H,5-6,12-13H2,1-4H3,(H2,22,23,25)(H,24,26,27);1H. The molecule has 0 spiro atoms. The summed E-state index contributed by atoms with van der Waals surface area (Å²) in [5, 5.41) is 9.16. The van der Waals surface area contributed by atoms with E-state index in [0.717, 1.165) is 11.4 Å². The molecule has 9 heteroatoms. The first-order chi connectivity index (χ1) is 14.0. The topological polar surface area (TPSA) is 96.9 Å². The fraction of sp³-hybridized carbons (Fsp3) is 0.381. The molecule has 2 rings (SSSR count). The van der Waals surface area contributed by atoms with Crippen molar-refractivity contribution in [3.63, 3.8) is 0 Å². The van der Waals surface area contributed by atoms with Gasteiger partial charge in [-0.2, -0.15) is 0 Å². The summed E-state index contributed by atoms with van der Waals surface area (Å²) in [5.41, 5.74) is 1.66. The maximum atomic E-state index is 12.1. The minimum absolute atomic E-state index is 0. The minimum atomic E-state index is -0.134. The van der Waals surface area contributed by atoms with Gasteiger partial charge >= 0.3 is 0 Å². The van der Waals surface area contributed by atoms with Gasteiger partial charge in [-0.15, -0.1) is 24.0 Å². The Bertz CT molecular complexity index is 845. The van der Waals surface area contributed by atoms with E-state index in [1.54, 1.807) is 13.2 Å². The number of aromatic nitrogens is 1. The molecule has 1 heterocycles. The van der Waals surface area contributed by atoms with Crippen molar-refractivity contribution in [2.75, 3.05) is 37.4 Å². The van der Waals surface area contributed by atoms with E-state index in [-0.39, 0.29) is 36.3 Å². The third-order valence-corrected chi connectivity index (χ3v) is 3.84. The zero-order chi connectivity index (χ0) is 21.1. The van der Waals surface area contributed by atoms with E-state index in [9.17, 15) is 4.79 Å². The van der Waals surface area contributed by atoms with Crippen LogP contribution in [0, 0.1) is 6.92 Å². The summed E-state index contributed by atoms with van der Waals surface area (Å²) in [5.74, 6) is 2.32.